The van der Waals surface area contributed by atoms with Gasteiger partial charge in [-0.05, 0) is 24.7 Å². The van der Waals surface area contributed by atoms with Crippen LogP contribution in [-0.2, 0) is 9.53 Å². The molecule has 12 heavy (non-hydrogen) atoms. The van der Waals surface area contributed by atoms with Gasteiger partial charge in [-0.1, -0.05) is 13.8 Å². The van der Waals surface area contributed by atoms with Crippen molar-refractivity contribution in [3.8, 4) is 0 Å². The summed E-state index contributed by atoms with van der Waals surface area (Å²) in [5.41, 5.74) is 0. The maximum absolute atomic E-state index is 10.5. The highest BCUT2D eigenvalue weighted by Crippen LogP contribution is 2.24. The molecule has 1 unspecified atom stereocenters. The van der Waals surface area contributed by atoms with Crippen LogP contribution in [0.2, 0.25) is 0 Å². The Balaban J connectivity index is 2.34. The molecule has 1 heterocycles. The van der Waals surface area contributed by atoms with Gasteiger partial charge in [0, 0.05) is 0 Å². The number of carbonyl (C=O) groups is 1. The maximum atomic E-state index is 10.5. The third-order valence-corrected chi connectivity index (χ3v) is 2.53. The van der Waals surface area contributed by atoms with Crippen LogP contribution < -0.4 is 0 Å². The van der Waals surface area contributed by atoms with Crippen molar-refractivity contribution in [3.63, 3.8) is 0 Å². The Morgan fingerprint density at radius 2 is 2.17 bits per heavy atom. The first-order valence-corrected chi connectivity index (χ1v) is 4.45. The summed E-state index contributed by atoms with van der Waals surface area (Å²) >= 11 is 0. The molecule has 0 aliphatic carbocycles. The van der Waals surface area contributed by atoms with Gasteiger partial charge in [0.15, 0.2) is 6.10 Å². The van der Waals surface area contributed by atoms with Crippen molar-refractivity contribution < 1.29 is 14.6 Å². The van der Waals surface area contributed by atoms with E-state index in [1.807, 2.05) is 0 Å². The van der Waals surface area contributed by atoms with E-state index in [9.17, 15) is 4.79 Å². The van der Waals surface area contributed by atoms with E-state index >= 15 is 0 Å². The van der Waals surface area contributed by atoms with Crippen LogP contribution in [0.3, 0.4) is 0 Å². The third-order valence-electron chi connectivity index (χ3n) is 2.53. The number of hydrogen-bond donors (Lipinski definition) is 1. The molecule has 0 aromatic carbocycles. The van der Waals surface area contributed by atoms with Crippen molar-refractivity contribution in [1.29, 1.82) is 0 Å². The van der Waals surface area contributed by atoms with Crippen LogP contribution in [0.1, 0.15) is 26.7 Å². The van der Waals surface area contributed by atoms with Crippen LogP contribution in [0.15, 0.2) is 0 Å². The normalized spacial score (nSPS) is 30.6. The van der Waals surface area contributed by atoms with Crippen molar-refractivity contribution in [2.45, 2.75) is 32.8 Å². The smallest absolute Gasteiger partial charge is 0.332 e. The fraction of sp³-hybridized carbons (Fsp3) is 0.889. The van der Waals surface area contributed by atoms with Crippen molar-refractivity contribution in [1.82, 2.24) is 0 Å². The standard InChI is InChI=1S/C9H16O3/c1-6(2)7-3-4-8(9(10)11)12-5-7/h6-8H,3-5H2,1-2H3,(H,10,11)/t7?,8-/m1/s1. The molecule has 0 radical (unpaired) electrons. The van der Waals surface area contributed by atoms with Gasteiger partial charge in [-0.2, -0.15) is 0 Å². The van der Waals surface area contributed by atoms with Gasteiger partial charge in [0.25, 0.3) is 0 Å². The number of ether oxygens (including phenoxy) is 1. The van der Waals surface area contributed by atoms with Crippen LogP contribution in [0.5, 0.6) is 0 Å². The molecule has 1 aliphatic rings. The van der Waals surface area contributed by atoms with Crippen LogP contribution in [0.25, 0.3) is 0 Å². The second-order valence-electron chi connectivity index (χ2n) is 3.74. The summed E-state index contributed by atoms with van der Waals surface area (Å²) in [7, 11) is 0. The highest BCUT2D eigenvalue weighted by molar-refractivity contribution is 5.72. The number of aliphatic carboxylic acids is 1. The lowest BCUT2D eigenvalue weighted by molar-refractivity contribution is -0.155. The lowest BCUT2D eigenvalue weighted by Gasteiger charge is -2.28. The van der Waals surface area contributed by atoms with E-state index < -0.39 is 12.1 Å². The molecule has 0 amide bonds. The molecular formula is C9H16O3. The highest BCUT2D eigenvalue weighted by Gasteiger charge is 2.27. The van der Waals surface area contributed by atoms with Gasteiger partial charge >= 0.3 is 5.97 Å². The molecule has 3 heteroatoms. The van der Waals surface area contributed by atoms with Gasteiger partial charge < -0.3 is 9.84 Å². The second-order valence-corrected chi connectivity index (χ2v) is 3.74. The lowest BCUT2D eigenvalue weighted by atomic mass is 9.89. The van der Waals surface area contributed by atoms with E-state index in [1.165, 1.54) is 0 Å². The molecule has 1 rings (SSSR count). The minimum atomic E-state index is -0.822. The Morgan fingerprint density at radius 1 is 1.50 bits per heavy atom. The molecule has 70 valence electrons. The Morgan fingerprint density at radius 3 is 2.50 bits per heavy atom. The molecule has 0 aromatic heterocycles. The summed E-state index contributed by atoms with van der Waals surface area (Å²) in [5, 5.41) is 8.64. The first kappa shape index (κ1) is 9.52. The molecule has 1 aliphatic heterocycles. The number of carboxylic acid groups (broad SMARTS) is 1. The average Bonchev–Trinajstić information content (AvgIpc) is 2.04. The molecule has 0 saturated carbocycles. The molecule has 3 nitrogen and oxygen atoms in total. The zero-order valence-corrected chi connectivity index (χ0v) is 7.62. The molecule has 0 spiro atoms. The van der Waals surface area contributed by atoms with E-state index in [0.717, 1.165) is 6.42 Å². The summed E-state index contributed by atoms with van der Waals surface area (Å²) in [6.45, 7) is 4.90. The summed E-state index contributed by atoms with van der Waals surface area (Å²) in [5.74, 6) is 0.317. The Bertz CT molecular complexity index is 157. The van der Waals surface area contributed by atoms with E-state index in [2.05, 4.69) is 13.8 Å². The summed E-state index contributed by atoms with van der Waals surface area (Å²) in [6, 6.07) is 0. The summed E-state index contributed by atoms with van der Waals surface area (Å²) in [6.07, 6.45) is 1.09. The van der Waals surface area contributed by atoms with E-state index in [1.54, 1.807) is 0 Å². The van der Waals surface area contributed by atoms with E-state index in [0.29, 0.717) is 24.9 Å². The minimum Gasteiger partial charge on any atom is -0.479 e. The summed E-state index contributed by atoms with van der Waals surface area (Å²) < 4.78 is 5.21. The van der Waals surface area contributed by atoms with Gasteiger partial charge in [0.05, 0.1) is 6.61 Å². The monoisotopic (exact) mass is 172 g/mol. The lowest BCUT2D eigenvalue weighted by Crippen LogP contribution is -2.33. The van der Waals surface area contributed by atoms with Gasteiger partial charge in [-0.15, -0.1) is 0 Å². The number of hydrogen-bond acceptors (Lipinski definition) is 2. The minimum absolute atomic E-state index is 0.542. The zero-order valence-electron chi connectivity index (χ0n) is 7.62. The van der Waals surface area contributed by atoms with Crippen molar-refractivity contribution in [2.24, 2.45) is 11.8 Å². The largest absolute Gasteiger partial charge is 0.479 e. The first-order chi connectivity index (χ1) is 5.61. The fourth-order valence-corrected chi connectivity index (χ4v) is 1.49. The maximum Gasteiger partial charge on any atom is 0.332 e. The van der Waals surface area contributed by atoms with E-state index in [4.69, 9.17) is 9.84 Å². The Labute approximate surface area is 72.7 Å². The van der Waals surface area contributed by atoms with Gasteiger partial charge in [0.2, 0.25) is 0 Å². The van der Waals surface area contributed by atoms with Gasteiger partial charge in [-0.25, -0.2) is 4.79 Å². The quantitative estimate of drug-likeness (QED) is 0.687. The summed E-state index contributed by atoms with van der Waals surface area (Å²) in [4.78, 5) is 10.5. The van der Waals surface area contributed by atoms with Gasteiger partial charge in [-0.3, -0.25) is 0 Å². The Kier molecular flexibility index (Phi) is 3.09. The fourth-order valence-electron chi connectivity index (χ4n) is 1.49. The van der Waals surface area contributed by atoms with Gasteiger partial charge in [0.1, 0.15) is 0 Å². The highest BCUT2D eigenvalue weighted by atomic mass is 16.5. The number of carboxylic acids is 1. The van der Waals surface area contributed by atoms with Crippen LogP contribution >= 0.6 is 0 Å². The number of rotatable bonds is 2. The van der Waals surface area contributed by atoms with Crippen LogP contribution in [0.4, 0.5) is 0 Å². The van der Waals surface area contributed by atoms with Crippen LogP contribution in [-0.4, -0.2) is 23.8 Å². The molecule has 0 aromatic rings. The van der Waals surface area contributed by atoms with Crippen molar-refractivity contribution in [2.75, 3.05) is 6.61 Å². The SMILES string of the molecule is CC(C)C1CC[C@H](C(=O)O)OC1. The predicted octanol–water partition coefficient (Wildman–Crippen LogP) is 1.52. The molecule has 1 saturated heterocycles. The molecular weight excluding hydrogens is 156 g/mol. The first-order valence-electron chi connectivity index (χ1n) is 4.45. The zero-order chi connectivity index (χ0) is 9.14. The molecule has 1 N–H and O–H groups in total. The molecule has 2 atom stereocenters. The molecule has 0 bridgehead atoms. The van der Waals surface area contributed by atoms with E-state index in [-0.39, 0.29) is 0 Å². The van der Waals surface area contributed by atoms with Crippen LogP contribution in [0, 0.1) is 11.8 Å². The van der Waals surface area contributed by atoms with Crippen molar-refractivity contribution >= 4 is 5.97 Å². The Hall–Kier alpha value is -0.570. The predicted molar refractivity (Wildman–Crippen MR) is 44.9 cm³/mol. The average molecular weight is 172 g/mol. The van der Waals surface area contributed by atoms with Crippen molar-refractivity contribution in [3.05, 3.63) is 0 Å². The molecule has 1 fully saturated rings. The third kappa shape index (κ3) is 2.21. The second kappa shape index (κ2) is 3.90. The topological polar surface area (TPSA) is 46.5 Å².